The Labute approximate surface area is 147 Å². The molecular weight excluding hydrogens is 318 g/mol. The highest BCUT2D eigenvalue weighted by Gasteiger charge is 2.54. The lowest BCUT2D eigenvalue weighted by molar-refractivity contribution is -0.140. The molecule has 1 saturated carbocycles. The molecule has 0 bridgehead atoms. The van der Waals surface area contributed by atoms with Crippen molar-refractivity contribution >= 4 is 14.3 Å². The van der Waals surface area contributed by atoms with E-state index in [4.69, 9.17) is 9.16 Å². The van der Waals surface area contributed by atoms with Crippen LogP contribution in [0.25, 0.3) is 0 Å². The quantitative estimate of drug-likeness (QED) is 0.423. The van der Waals surface area contributed by atoms with Crippen molar-refractivity contribution in [2.75, 3.05) is 6.61 Å². The van der Waals surface area contributed by atoms with Gasteiger partial charge in [0.1, 0.15) is 6.61 Å². The Morgan fingerprint density at radius 2 is 2.08 bits per heavy atom. The summed E-state index contributed by atoms with van der Waals surface area (Å²) in [6, 6.07) is 2.63. The van der Waals surface area contributed by atoms with Crippen molar-refractivity contribution in [2.24, 2.45) is 11.3 Å². The first-order valence-corrected chi connectivity index (χ1v) is 11.8. The third-order valence-corrected chi connectivity index (χ3v) is 10.7. The second-order valence-corrected chi connectivity index (χ2v) is 13.6. The summed E-state index contributed by atoms with van der Waals surface area (Å²) in [7, 11) is -1.90. The van der Waals surface area contributed by atoms with Crippen LogP contribution in [0.5, 0.6) is 0 Å². The van der Waals surface area contributed by atoms with Gasteiger partial charge in [-0.2, -0.15) is 5.26 Å². The summed E-state index contributed by atoms with van der Waals surface area (Å²) < 4.78 is 11.8. The molecule has 0 aromatic heterocycles. The molecule has 0 saturated heterocycles. The van der Waals surface area contributed by atoms with Crippen molar-refractivity contribution < 1.29 is 14.0 Å². The smallest absolute Gasteiger partial charge is 0.302 e. The fourth-order valence-corrected chi connectivity index (χ4v) is 5.01. The summed E-state index contributed by atoms with van der Waals surface area (Å²) in [6.45, 7) is 13.0. The fraction of sp³-hybridized carbons (Fsp3) is 0.789. The minimum absolute atomic E-state index is 0.0277. The number of hydrogen-bond donors (Lipinski definition) is 0. The molecule has 1 fully saturated rings. The van der Waals surface area contributed by atoms with Crippen molar-refractivity contribution in [3.05, 3.63) is 11.6 Å². The van der Waals surface area contributed by atoms with Crippen molar-refractivity contribution in [1.82, 2.24) is 0 Å². The Kier molecular flexibility index (Phi) is 5.32. The van der Waals surface area contributed by atoms with E-state index in [1.54, 1.807) is 0 Å². The Hall–Kier alpha value is -1.12. The lowest BCUT2D eigenvalue weighted by atomic mass is 9.69. The Morgan fingerprint density at radius 1 is 1.42 bits per heavy atom. The third-order valence-electron chi connectivity index (χ3n) is 6.18. The predicted octanol–water partition coefficient (Wildman–Crippen LogP) is 4.58. The lowest BCUT2D eigenvalue weighted by Crippen LogP contribution is -2.48. The van der Waals surface area contributed by atoms with Crippen LogP contribution in [0.15, 0.2) is 11.6 Å². The Bertz CT molecular complexity index is 570. The van der Waals surface area contributed by atoms with Gasteiger partial charge in [-0.15, -0.1) is 0 Å². The van der Waals surface area contributed by atoms with Gasteiger partial charge in [-0.25, -0.2) is 0 Å². The largest absolute Gasteiger partial charge is 0.461 e. The predicted molar refractivity (Wildman–Crippen MR) is 96.8 cm³/mol. The van der Waals surface area contributed by atoms with E-state index in [-0.39, 0.29) is 23.0 Å². The maximum absolute atomic E-state index is 11.0. The van der Waals surface area contributed by atoms with E-state index < -0.39 is 13.7 Å². The van der Waals surface area contributed by atoms with Crippen LogP contribution < -0.4 is 0 Å². The summed E-state index contributed by atoms with van der Waals surface area (Å²) in [6.07, 6.45) is 5.76. The minimum Gasteiger partial charge on any atom is -0.461 e. The molecule has 2 aliphatic carbocycles. The van der Waals surface area contributed by atoms with Gasteiger partial charge in [0.15, 0.2) is 8.32 Å². The van der Waals surface area contributed by atoms with Gasteiger partial charge in [0.25, 0.3) is 0 Å². The zero-order valence-electron chi connectivity index (χ0n) is 15.9. The van der Waals surface area contributed by atoms with Crippen LogP contribution in [0, 0.1) is 22.7 Å². The van der Waals surface area contributed by atoms with Crippen LogP contribution in [0.3, 0.4) is 0 Å². The van der Waals surface area contributed by atoms with Gasteiger partial charge in [0.05, 0.1) is 17.6 Å². The van der Waals surface area contributed by atoms with Crippen molar-refractivity contribution in [3.8, 4) is 6.07 Å². The Morgan fingerprint density at radius 3 is 2.62 bits per heavy atom. The van der Waals surface area contributed by atoms with Gasteiger partial charge in [0.2, 0.25) is 0 Å². The molecule has 0 heterocycles. The van der Waals surface area contributed by atoms with Crippen LogP contribution in [0.1, 0.15) is 53.4 Å². The monoisotopic (exact) mass is 349 g/mol. The first-order chi connectivity index (χ1) is 11.0. The third kappa shape index (κ3) is 3.60. The SMILES string of the molecule is CC(=O)OCC1=C[C@H]2CC[C@@H](O[Si](C)(C)C(C)(C)C)[C@@]2(C#N)CC1. The normalized spacial score (nSPS) is 30.3. The van der Waals surface area contributed by atoms with Crippen LogP contribution >= 0.6 is 0 Å². The van der Waals surface area contributed by atoms with Gasteiger partial charge in [-0.05, 0) is 55.3 Å². The van der Waals surface area contributed by atoms with E-state index in [1.165, 1.54) is 6.92 Å². The van der Waals surface area contributed by atoms with Gasteiger partial charge in [-0.1, -0.05) is 26.8 Å². The van der Waals surface area contributed by atoms with Crippen LogP contribution in [0.4, 0.5) is 0 Å². The molecule has 3 atom stereocenters. The molecule has 0 aromatic rings. The molecule has 24 heavy (non-hydrogen) atoms. The van der Waals surface area contributed by atoms with Crippen LogP contribution in [0.2, 0.25) is 18.1 Å². The van der Waals surface area contributed by atoms with E-state index in [9.17, 15) is 10.1 Å². The number of carbonyl (C=O) groups is 1. The highest BCUT2D eigenvalue weighted by Crippen LogP contribution is 2.54. The molecule has 2 rings (SSSR count). The molecule has 0 aromatic carbocycles. The molecule has 0 aliphatic heterocycles. The van der Waals surface area contributed by atoms with E-state index in [2.05, 4.69) is 46.0 Å². The van der Waals surface area contributed by atoms with E-state index >= 15 is 0 Å². The highest BCUT2D eigenvalue weighted by atomic mass is 28.4. The van der Waals surface area contributed by atoms with Crippen molar-refractivity contribution in [2.45, 2.75) is 77.6 Å². The van der Waals surface area contributed by atoms with Gasteiger partial charge in [-0.3, -0.25) is 4.79 Å². The molecular formula is C19H31NO3Si. The number of rotatable bonds is 4. The van der Waals surface area contributed by atoms with Crippen LogP contribution in [-0.2, 0) is 14.0 Å². The van der Waals surface area contributed by atoms with E-state index in [1.807, 2.05) is 0 Å². The second-order valence-electron chi connectivity index (χ2n) is 8.81. The summed E-state index contributed by atoms with van der Waals surface area (Å²) in [5.74, 6) is -0.0323. The fourth-order valence-electron chi connectivity index (χ4n) is 3.62. The minimum atomic E-state index is -1.90. The maximum atomic E-state index is 11.0. The van der Waals surface area contributed by atoms with Gasteiger partial charge in [0, 0.05) is 6.92 Å². The van der Waals surface area contributed by atoms with Crippen LogP contribution in [-0.4, -0.2) is 27.0 Å². The molecule has 2 aliphatic rings. The molecule has 0 radical (unpaired) electrons. The number of esters is 1. The van der Waals surface area contributed by atoms with Gasteiger partial charge < -0.3 is 9.16 Å². The Balaban J connectivity index is 2.17. The highest BCUT2D eigenvalue weighted by molar-refractivity contribution is 6.74. The average Bonchev–Trinajstić information content (AvgIpc) is 2.82. The standard InChI is InChI=1S/C19H31NO3Si/c1-14(21)22-12-15-9-10-19(13-20)16(11-15)7-8-17(19)23-24(5,6)18(2,3)4/h11,16-17H,7-10,12H2,1-6H3/t16-,17-,19-/m1/s1. The number of allylic oxidation sites excluding steroid dienone is 1. The van der Waals surface area contributed by atoms with Gasteiger partial charge >= 0.3 is 5.97 Å². The number of fused-ring (bicyclic) bond motifs is 1. The first-order valence-electron chi connectivity index (χ1n) is 8.94. The topological polar surface area (TPSA) is 59.3 Å². The van der Waals surface area contributed by atoms with E-state index in [0.717, 1.165) is 31.3 Å². The second kappa shape index (κ2) is 6.65. The van der Waals surface area contributed by atoms with E-state index in [0.29, 0.717) is 6.61 Å². The molecule has 5 heteroatoms. The number of nitriles is 1. The zero-order valence-corrected chi connectivity index (χ0v) is 16.9. The molecule has 0 spiro atoms. The summed E-state index contributed by atoms with van der Waals surface area (Å²) >= 11 is 0. The molecule has 4 nitrogen and oxygen atoms in total. The van der Waals surface area contributed by atoms with Crippen molar-refractivity contribution in [1.29, 1.82) is 5.26 Å². The lowest BCUT2D eigenvalue weighted by Gasteiger charge is -2.44. The zero-order chi connectivity index (χ0) is 18.2. The maximum Gasteiger partial charge on any atom is 0.302 e. The first kappa shape index (κ1) is 19.2. The summed E-state index contributed by atoms with van der Waals surface area (Å²) in [5, 5.41) is 10.1. The summed E-state index contributed by atoms with van der Waals surface area (Å²) in [4.78, 5) is 11.0. The number of nitrogens with zero attached hydrogens (tertiary/aromatic N) is 1. The average molecular weight is 350 g/mol. The number of ether oxygens (including phenoxy) is 1. The summed E-state index contributed by atoms with van der Waals surface area (Å²) in [5.41, 5.74) is 0.740. The number of carbonyl (C=O) groups excluding carboxylic acids is 1. The molecule has 0 unspecified atom stereocenters. The molecule has 134 valence electrons. The molecule has 0 N–H and O–H groups in total. The van der Waals surface area contributed by atoms with Crippen molar-refractivity contribution in [3.63, 3.8) is 0 Å². The number of hydrogen-bond acceptors (Lipinski definition) is 4. The molecule has 0 amide bonds.